The maximum atomic E-state index is 13.7. The lowest BCUT2D eigenvalue weighted by atomic mass is 9.88. The third kappa shape index (κ3) is 5.30. The summed E-state index contributed by atoms with van der Waals surface area (Å²) in [6.45, 7) is 2.74. The molecule has 12 heteroatoms. The first-order valence-corrected chi connectivity index (χ1v) is 16.1. The third-order valence-electron chi connectivity index (χ3n) is 8.24. The molecule has 3 aromatic carbocycles. The fraction of sp³-hybridized carbons (Fsp3) is 0.281. The molecule has 1 atom stereocenters. The van der Waals surface area contributed by atoms with Gasteiger partial charge in [-0.05, 0) is 49.6 Å². The fourth-order valence-electron chi connectivity index (χ4n) is 5.83. The maximum absolute atomic E-state index is 13.7. The highest BCUT2D eigenvalue weighted by molar-refractivity contribution is 7.92. The summed E-state index contributed by atoms with van der Waals surface area (Å²) in [6, 6.07) is 15.2. The van der Waals surface area contributed by atoms with Gasteiger partial charge in [-0.25, -0.2) is 17.8 Å². The highest BCUT2D eigenvalue weighted by Gasteiger charge is 2.32. The van der Waals surface area contributed by atoms with Gasteiger partial charge in [-0.15, -0.1) is 0 Å². The second-order valence-electron chi connectivity index (χ2n) is 11.2. The Morgan fingerprint density at radius 3 is 2.59 bits per heavy atom. The number of H-pyrrole nitrogens is 1. The number of rotatable bonds is 6. The van der Waals surface area contributed by atoms with Gasteiger partial charge in [-0.3, -0.25) is 13.9 Å². The number of sulfonamides is 1. The Morgan fingerprint density at radius 1 is 1.14 bits per heavy atom. The Balaban J connectivity index is 1.45. The molecule has 0 bridgehead atoms. The lowest BCUT2D eigenvalue weighted by molar-refractivity contribution is 0.0696. The minimum atomic E-state index is -3.67. The Hall–Kier alpha value is -4.71. The van der Waals surface area contributed by atoms with Crippen LogP contribution in [0.5, 0.6) is 0 Å². The molecule has 5 aromatic rings. The number of furan rings is 1. The summed E-state index contributed by atoms with van der Waals surface area (Å²) in [5.74, 6) is -0.871. The molecule has 2 N–H and O–H groups in total. The summed E-state index contributed by atoms with van der Waals surface area (Å²) in [5.41, 5.74) is 4.47. The van der Waals surface area contributed by atoms with Crippen LogP contribution in [0.2, 0.25) is 0 Å². The van der Waals surface area contributed by atoms with E-state index in [0.717, 1.165) is 11.8 Å². The average Bonchev–Trinajstić information content (AvgIpc) is 3.60. The molecule has 0 radical (unpaired) electrons. The molecule has 0 unspecified atom stereocenters. The van der Waals surface area contributed by atoms with E-state index >= 15 is 0 Å². The molecule has 1 aliphatic heterocycles. The Labute approximate surface area is 253 Å². The molecule has 0 spiro atoms. The Kier molecular flexibility index (Phi) is 7.40. The molecule has 2 aromatic heterocycles. The van der Waals surface area contributed by atoms with Gasteiger partial charge in [0.15, 0.2) is 5.82 Å². The van der Waals surface area contributed by atoms with Crippen molar-refractivity contribution in [1.29, 1.82) is 0 Å². The van der Waals surface area contributed by atoms with Crippen molar-refractivity contribution < 1.29 is 26.8 Å². The SMILES string of the molecule is CNC(=O)c1c(-c2ccc(C)cc2)oc2cc(N(C)S(C)(=O)=O)c([C@@H]3CCCN(C(=O)c4nc5ccc(F)cc5[nH]4)C3)cc12. The number of anilines is 1. The summed E-state index contributed by atoms with van der Waals surface area (Å²) in [4.78, 5) is 35.8. The molecule has 228 valence electrons. The van der Waals surface area contributed by atoms with Crippen molar-refractivity contribution >= 4 is 49.5 Å². The van der Waals surface area contributed by atoms with Crippen LogP contribution in [0, 0.1) is 12.7 Å². The van der Waals surface area contributed by atoms with E-state index in [0.29, 0.717) is 76.1 Å². The van der Waals surface area contributed by atoms with Gasteiger partial charge in [0, 0.05) is 50.1 Å². The number of carbonyl (C=O) groups is 2. The number of nitrogens with one attached hydrogen (secondary N) is 2. The van der Waals surface area contributed by atoms with Gasteiger partial charge in [0.05, 0.1) is 28.5 Å². The van der Waals surface area contributed by atoms with Gasteiger partial charge in [0.2, 0.25) is 10.0 Å². The molecule has 44 heavy (non-hydrogen) atoms. The second-order valence-corrected chi connectivity index (χ2v) is 13.2. The van der Waals surface area contributed by atoms with E-state index in [2.05, 4.69) is 15.3 Å². The highest BCUT2D eigenvalue weighted by Crippen LogP contribution is 2.42. The van der Waals surface area contributed by atoms with Crippen molar-refractivity contribution in [2.75, 3.05) is 37.7 Å². The zero-order chi connectivity index (χ0) is 31.3. The minimum Gasteiger partial charge on any atom is -0.455 e. The summed E-state index contributed by atoms with van der Waals surface area (Å²) in [5, 5.41) is 3.25. The van der Waals surface area contributed by atoms with Crippen LogP contribution in [-0.4, -0.2) is 68.5 Å². The Morgan fingerprint density at radius 2 is 1.89 bits per heavy atom. The molecule has 3 heterocycles. The largest absolute Gasteiger partial charge is 0.455 e. The number of carbonyl (C=O) groups excluding carboxylic acids is 2. The zero-order valence-electron chi connectivity index (χ0n) is 24.8. The number of fused-ring (bicyclic) bond motifs is 2. The minimum absolute atomic E-state index is 0.106. The van der Waals surface area contributed by atoms with Crippen LogP contribution >= 0.6 is 0 Å². The number of hydrogen-bond acceptors (Lipinski definition) is 6. The van der Waals surface area contributed by atoms with Gasteiger partial charge in [0.1, 0.15) is 17.2 Å². The van der Waals surface area contributed by atoms with Gasteiger partial charge < -0.3 is 19.6 Å². The van der Waals surface area contributed by atoms with E-state index in [1.807, 2.05) is 37.3 Å². The first-order chi connectivity index (χ1) is 20.9. The number of nitrogens with zero attached hydrogens (tertiary/aromatic N) is 3. The monoisotopic (exact) mass is 617 g/mol. The quantitative estimate of drug-likeness (QED) is 0.270. The lowest BCUT2D eigenvalue weighted by Gasteiger charge is -2.34. The molecule has 2 amide bonds. The normalized spacial score (nSPS) is 15.6. The smallest absolute Gasteiger partial charge is 0.289 e. The van der Waals surface area contributed by atoms with E-state index in [1.54, 1.807) is 18.0 Å². The number of benzene rings is 3. The second kappa shape index (κ2) is 11.1. The number of hydrogen-bond donors (Lipinski definition) is 2. The molecule has 6 rings (SSSR count). The van der Waals surface area contributed by atoms with Gasteiger partial charge in [-0.1, -0.05) is 29.8 Å². The molecule has 1 aliphatic rings. The van der Waals surface area contributed by atoms with E-state index < -0.39 is 15.8 Å². The first-order valence-electron chi connectivity index (χ1n) is 14.2. The molecule has 10 nitrogen and oxygen atoms in total. The van der Waals surface area contributed by atoms with Crippen LogP contribution in [-0.2, 0) is 10.0 Å². The summed E-state index contributed by atoms with van der Waals surface area (Å²) in [7, 11) is -0.651. The first kappa shape index (κ1) is 29.4. The third-order valence-corrected chi connectivity index (χ3v) is 9.43. The number of piperidine rings is 1. The van der Waals surface area contributed by atoms with E-state index in [1.165, 1.54) is 29.6 Å². The lowest BCUT2D eigenvalue weighted by Crippen LogP contribution is -2.40. The van der Waals surface area contributed by atoms with Crippen molar-refractivity contribution in [2.45, 2.75) is 25.7 Å². The highest BCUT2D eigenvalue weighted by atomic mass is 32.2. The molecular formula is C32H32FN5O5S. The summed E-state index contributed by atoms with van der Waals surface area (Å²) < 4.78 is 46.7. The fourth-order valence-corrected chi connectivity index (χ4v) is 6.35. The van der Waals surface area contributed by atoms with Crippen LogP contribution in [0.1, 0.15) is 50.9 Å². The molecule has 0 aliphatic carbocycles. The molecular weight excluding hydrogens is 585 g/mol. The number of aromatic nitrogens is 2. The predicted molar refractivity (Wildman–Crippen MR) is 167 cm³/mol. The number of aromatic amines is 1. The molecule has 1 saturated heterocycles. The van der Waals surface area contributed by atoms with Crippen LogP contribution in [0.4, 0.5) is 10.1 Å². The van der Waals surface area contributed by atoms with E-state index in [4.69, 9.17) is 4.42 Å². The van der Waals surface area contributed by atoms with Crippen molar-refractivity contribution in [3.63, 3.8) is 0 Å². The number of amides is 2. The van der Waals surface area contributed by atoms with Gasteiger partial charge >= 0.3 is 0 Å². The number of halogens is 1. The van der Waals surface area contributed by atoms with Crippen LogP contribution in [0.15, 0.2) is 59.0 Å². The number of imidazole rings is 1. The standard InChI is InChI=1S/C32H32FN5O5S/c1-18-7-9-19(10-8-18)29-28(31(39)34-2)23-15-22(26(16-27(23)43-29)37(3)44(4,41)42)20-6-5-13-38(17-20)32(40)30-35-24-12-11-21(33)14-25(24)36-30/h7-12,14-16,20H,5-6,13,17H2,1-4H3,(H,34,39)(H,35,36)/t20-/m1/s1. The van der Waals surface area contributed by atoms with Gasteiger partial charge in [-0.2, -0.15) is 0 Å². The van der Waals surface area contributed by atoms with Crippen LogP contribution in [0.25, 0.3) is 33.3 Å². The van der Waals surface area contributed by atoms with Crippen molar-refractivity contribution in [2.24, 2.45) is 0 Å². The van der Waals surface area contributed by atoms with Crippen LogP contribution in [0.3, 0.4) is 0 Å². The zero-order valence-corrected chi connectivity index (χ0v) is 25.6. The molecule has 1 fully saturated rings. The maximum Gasteiger partial charge on any atom is 0.289 e. The van der Waals surface area contributed by atoms with Crippen LogP contribution < -0.4 is 9.62 Å². The van der Waals surface area contributed by atoms with Crippen molar-refractivity contribution in [1.82, 2.24) is 20.2 Å². The van der Waals surface area contributed by atoms with Gasteiger partial charge in [0.25, 0.3) is 11.8 Å². The topological polar surface area (TPSA) is 129 Å². The number of aryl methyl sites for hydroxylation is 1. The summed E-state index contributed by atoms with van der Waals surface area (Å²) in [6.07, 6.45) is 2.47. The number of likely N-dealkylation sites (tertiary alicyclic amines) is 1. The predicted octanol–water partition coefficient (Wildman–Crippen LogP) is 5.20. The van der Waals surface area contributed by atoms with Crippen molar-refractivity contribution in [3.05, 3.63) is 82.9 Å². The van der Waals surface area contributed by atoms with Crippen molar-refractivity contribution in [3.8, 4) is 11.3 Å². The Bertz CT molecular complexity index is 2030. The van der Waals surface area contributed by atoms with E-state index in [-0.39, 0.29) is 23.6 Å². The average molecular weight is 618 g/mol. The van der Waals surface area contributed by atoms with E-state index in [9.17, 15) is 22.4 Å². The molecule has 0 saturated carbocycles. The summed E-state index contributed by atoms with van der Waals surface area (Å²) >= 11 is 0.